The van der Waals surface area contributed by atoms with Crippen molar-refractivity contribution in [1.82, 2.24) is 15.2 Å². The topological polar surface area (TPSA) is 91.1 Å². The average Bonchev–Trinajstić information content (AvgIpc) is 2.85. The van der Waals surface area contributed by atoms with E-state index >= 15 is 0 Å². The number of nitrogens with zero attached hydrogens (tertiary/aromatic N) is 3. The van der Waals surface area contributed by atoms with Crippen LogP contribution in [0.25, 0.3) is 0 Å². The van der Waals surface area contributed by atoms with E-state index in [1.165, 1.54) is 6.07 Å². The first-order valence-electron chi connectivity index (χ1n) is 6.13. The van der Waals surface area contributed by atoms with E-state index in [0.717, 1.165) is 12.1 Å². The number of nitrogens with one attached hydrogen (secondary N) is 1. The molecule has 6 nitrogen and oxygen atoms in total. The van der Waals surface area contributed by atoms with Gasteiger partial charge in [-0.3, -0.25) is 0 Å². The van der Waals surface area contributed by atoms with Crippen molar-refractivity contribution in [3.8, 4) is 0 Å². The number of nitrogens with two attached hydrogens (primary N) is 1. The number of aromatic amines is 1. The van der Waals surface area contributed by atoms with Crippen molar-refractivity contribution in [3.05, 3.63) is 29.8 Å². The number of nitrogen functional groups attached to an aromatic ring is 1. The smallest absolute Gasteiger partial charge is 0.250 e. The Morgan fingerprint density at radius 3 is 2.65 bits per heavy atom. The van der Waals surface area contributed by atoms with Gasteiger partial charge in [0.1, 0.15) is 0 Å². The molecular formula is C12H15F2N5O. The molecule has 0 spiro atoms. The maximum atomic E-state index is 13.3. The van der Waals surface area contributed by atoms with Gasteiger partial charge in [0.05, 0.1) is 0 Å². The molecule has 0 aliphatic carbocycles. The highest BCUT2D eigenvalue weighted by molar-refractivity contribution is 5.57. The zero-order chi connectivity index (χ0) is 14.5. The molecule has 0 atom stereocenters. The second-order valence-electron chi connectivity index (χ2n) is 4.20. The molecule has 2 rings (SSSR count). The number of aromatic nitrogens is 3. The van der Waals surface area contributed by atoms with Crippen molar-refractivity contribution >= 4 is 17.6 Å². The lowest BCUT2D eigenvalue weighted by molar-refractivity contribution is 0.285. The Labute approximate surface area is 114 Å². The molecule has 0 aliphatic heterocycles. The number of halogens is 2. The molecule has 20 heavy (non-hydrogen) atoms. The highest BCUT2D eigenvalue weighted by Crippen LogP contribution is 2.24. The first kappa shape index (κ1) is 14.2. The van der Waals surface area contributed by atoms with Crippen LogP contribution in [0.2, 0.25) is 0 Å². The number of anilines is 3. The van der Waals surface area contributed by atoms with Gasteiger partial charge in [0, 0.05) is 24.9 Å². The lowest BCUT2D eigenvalue weighted by atomic mass is 10.2. The third-order valence-corrected chi connectivity index (χ3v) is 2.74. The Bertz CT molecular complexity index is 575. The van der Waals surface area contributed by atoms with E-state index in [-0.39, 0.29) is 18.5 Å². The van der Waals surface area contributed by atoms with Crippen molar-refractivity contribution in [1.29, 1.82) is 0 Å². The molecule has 0 unspecified atom stereocenters. The molecule has 2 aromatic rings. The Morgan fingerprint density at radius 2 is 2.05 bits per heavy atom. The largest absolute Gasteiger partial charge is 0.396 e. The molecule has 0 aliphatic rings. The summed E-state index contributed by atoms with van der Waals surface area (Å²) in [5, 5.41) is 15.2. The molecule has 0 saturated heterocycles. The van der Waals surface area contributed by atoms with E-state index in [1.54, 1.807) is 4.90 Å². The van der Waals surface area contributed by atoms with Crippen LogP contribution in [0.15, 0.2) is 18.2 Å². The lowest BCUT2D eigenvalue weighted by Gasteiger charge is -2.21. The van der Waals surface area contributed by atoms with E-state index in [1.807, 2.05) is 0 Å². The number of benzene rings is 1. The molecular weight excluding hydrogens is 268 g/mol. The minimum atomic E-state index is -0.946. The van der Waals surface area contributed by atoms with Crippen LogP contribution in [0.1, 0.15) is 12.8 Å². The quantitative estimate of drug-likeness (QED) is 0.700. The Hall–Kier alpha value is -2.22. The van der Waals surface area contributed by atoms with Crippen LogP contribution >= 0.6 is 0 Å². The predicted octanol–water partition coefficient (Wildman–Crippen LogP) is 1.58. The van der Waals surface area contributed by atoms with E-state index in [2.05, 4.69) is 15.2 Å². The molecule has 0 fully saturated rings. The highest BCUT2D eigenvalue weighted by atomic mass is 19.2. The van der Waals surface area contributed by atoms with Gasteiger partial charge < -0.3 is 15.7 Å². The Balaban J connectivity index is 2.27. The van der Waals surface area contributed by atoms with Gasteiger partial charge in [-0.1, -0.05) is 0 Å². The molecule has 0 saturated carbocycles. The highest BCUT2D eigenvalue weighted by Gasteiger charge is 2.15. The number of hydrogen-bond donors (Lipinski definition) is 3. The summed E-state index contributed by atoms with van der Waals surface area (Å²) in [6.07, 6.45) is 1.23. The fourth-order valence-corrected chi connectivity index (χ4v) is 1.76. The summed E-state index contributed by atoms with van der Waals surface area (Å²) < 4.78 is 26.3. The second kappa shape index (κ2) is 6.29. The maximum absolute atomic E-state index is 13.3. The minimum absolute atomic E-state index is 0.0573. The van der Waals surface area contributed by atoms with Crippen LogP contribution in [0.4, 0.5) is 26.4 Å². The van der Waals surface area contributed by atoms with E-state index in [9.17, 15) is 8.78 Å². The number of hydrogen-bond acceptors (Lipinski definition) is 5. The van der Waals surface area contributed by atoms with Crippen LogP contribution in [-0.4, -0.2) is 33.4 Å². The van der Waals surface area contributed by atoms with Gasteiger partial charge in [-0.15, -0.1) is 5.10 Å². The first-order valence-corrected chi connectivity index (χ1v) is 6.13. The van der Waals surface area contributed by atoms with Gasteiger partial charge in [-0.25, -0.2) is 13.9 Å². The van der Waals surface area contributed by atoms with Gasteiger partial charge in [0.2, 0.25) is 5.95 Å². The van der Waals surface area contributed by atoms with Crippen LogP contribution in [-0.2, 0) is 0 Å². The molecule has 0 bridgehead atoms. The first-order chi connectivity index (χ1) is 9.61. The molecule has 108 valence electrons. The van der Waals surface area contributed by atoms with Crippen LogP contribution in [0.5, 0.6) is 0 Å². The summed E-state index contributed by atoms with van der Waals surface area (Å²) in [6, 6.07) is 3.55. The molecule has 4 N–H and O–H groups in total. The average molecular weight is 283 g/mol. The van der Waals surface area contributed by atoms with Crippen LogP contribution < -0.4 is 10.6 Å². The standard InChI is InChI=1S/C12H15F2N5O/c13-9-4-3-8(7-10(9)14)19(5-1-2-6-20)12-16-11(15)17-18-12/h3-4,7,20H,1-2,5-6H2,(H3,15,16,17,18). The summed E-state index contributed by atoms with van der Waals surface area (Å²) in [6.45, 7) is 0.505. The van der Waals surface area contributed by atoms with Gasteiger partial charge in [-0.05, 0) is 25.0 Å². The van der Waals surface area contributed by atoms with Gasteiger partial charge >= 0.3 is 0 Å². The summed E-state index contributed by atoms with van der Waals surface area (Å²) in [7, 11) is 0. The Morgan fingerprint density at radius 1 is 1.25 bits per heavy atom. The molecule has 0 radical (unpaired) electrons. The molecule has 1 aromatic carbocycles. The summed E-state index contributed by atoms with van der Waals surface area (Å²) in [5.41, 5.74) is 5.89. The van der Waals surface area contributed by atoms with Crippen molar-refractivity contribution in [2.45, 2.75) is 12.8 Å². The molecule has 1 aromatic heterocycles. The van der Waals surface area contributed by atoms with E-state index < -0.39 is 11.6 Å². The van der Waals surface area contributed by atoms with E-state index in [4.69, 9.17) is 10.8 Å². The monoisotopic (exact) mass is 283 g/mol. The van der Waals surface area contributed by atoms with Crippen molar-refractivity contribution in [2.75, 3.05) is 23.8 Å². The maximum Gasteiger partial charge on any atom is 0.250 e. The second-order valence-corrected chi connectivity index (χ2v) is 4.20. The van der Waals surface area contributed by atoms with Crippen LogP contribution in [0.3, 0.4) is 0 Å². The van der Waals surface area contributed by atoms with Crippen LogP contribution in [0, 0.1) is 11.6 Å². The molecule has 8 heteroatoms. The van der Waals surface area contributed by atoms with Crippen molar-refractivity contribution < 1.29 is 13.9 Å². The lowest BCUT2D eigenvalue weighted by Crippen LogP contribution is -2.20. The third-order valence-electron chi connectivity index (χ3n) is 2.74. The fourth-order valence-electron chi connectivity index (χ4n) is 1.76. The fraction of sp³-hybridized carbons (Fsp3) is 0.333. The summed E-state index contributed by atoms with van der Waals surface area (Å²) in [4.78, 5) is 5.58. The molecule has 0 amide bonds. The zero-order valence-electron chi connectivity index (χ0n) is 10.7. The van der Waals surface area contributed by atoms with Crippen molar-refractivity contribution in [3.63, 3.8) is 0 Å². The SMILES string of the molecule is Nc1nc(N(CCCCO)c2ccc(F)c(F)c2)n[nH]1. The van der Waals surface area contributed by atoms with Gasteiger partial charge in [0.15, 0.2) is 11.6 Å². The summed E-state index contributed by atoms with van der Waals surface area (Å²) in [5.74, 6) is -1.46. The Kier molecular flexibility index (Phi) is 4.46. The number of rotatable bonds is 6. The van der Waals surface area contributed by atoms with Gasteiger partial charge in [0.25, 0.3) is 5.95 Å². The summed E-state index contributed by atoms with van der Waals surface area (Å²) >= 11 is 0. The number of aliphatic hydroxyl groups excluding tert-OH is 1. The van der Waals surface area contributed by atoms with Crippen molar-refractivity contribution in [2.24, 2.45) is 0 Å². The minimum Gasteiger partial charge on any atom is -0.396 e. The van der Waals surface area contributed by atoms with Gasteiger partial charge in [-0.2, -0.15) is 4.98 Å². The zero-order valence-corrected chi connectivity index (χ0v) is 10.7. The van der Waals surface area contributed by atoms with E-state index in [0.29, 0.717) is 25.1 Å². The number of H-pyrrole nitrogens is 1. The third kappa shape index (κ3) is 3.21. The number of unbranched alkanes of at least 4 members (excludes halogenated alkanes) is 1. The molecule has 1 heterocycles. The predicted molar refractivity (Wildman–Crippen MR) is 70.5 cm³/mol. The normalized spacial score (nSPS) is 10.8. The number of aliphatic hydroxyl groups is 1.